The molecular weight excluding hydrogens is 352 g/mol. The molecule has 0 aromatic carbocycles. The fraction of sp³-hybridized carbons (Fsp3) is 0.167. The number of anilines is 1. The Bertz CT molecular complexity index is 900. The van der Waals surface area contributed by atoms with Gasteiger partial charge in [0.2, 0.25) is 5.13 Å². The van der Waals surface area contributed by atoms with Crippen LogP contribution < -0.4 is 5.32 Å². The predicted molar refractivity (Wildman–Crippen MR) is 89.1 cm³/mol. The maximum atomic E-state index is 4.30. The van der Waals surface area contributed by atoms with Gasteiger partial charge in [0.15, 0.2) is 9.99 Å². The molecule has 0 radical (unpaired) electrons. The van der Waals surface area contributed by atoms with Crippen LogP contribution in [0.3, 0.4) is 0 Å². The lowest BCUT2D eigenvalue weighted by molar-refractivity contribution is 0.702. The van der Waals surface area contributed by atoms with E-state index in [2.05, 4.69) is 53.7 Å². The van der Waals surface area contributed by atoms with E-state index in [-0.39, 0.29) is 0 Å². The molecule has 4 rings (SSSR count). The highest BCUT2D eigenvalue weighted by atomic mass is 32.2. The third kappa shape index (κ3) is 3.46. The molecule has 23 heavy (non-hydrogen) atoms. The average Bonchev–Trinajstić information content (AvgIpc) is 3.28. The van der Waals surface area contributed by atoms with Gasteiger partial charge in [0, 0.05) is 11.4 Å². The smallest absolute Gasteiger partial charge is 0.206 e. The molecule has 0 aliphatic rings. The Balaban J connectivity index is 1.37. The minimum atomic E-state index is 0.613. The second-order valence-corrected chi connectivity index (χ2v) is 7.71. The molecular formula is C12H10N8S3. The first-order valence-corrected chi connectivity index (χ1v) is 9.21. The van der Waals surface area contributed by atoms with E-state index in [9.17, 15) is 0 Å². The molecule has 0 aliphatic carbocycles. The number of fused-ring (bicyclic) bond motifs is 1. The maximum Gasteiger partial charge on any atom is 0.206 e. The number of thiophene rings is 1. The van der Waals surface area contributed by atoms with Crippen molar-refractivity contribution in [3.8, 4) is 0 Å². The highest BCUT2D eigenvalue weighted by Gasteiger charge is 2.08. The molecule has 0 fully saturated rings. The quantitative estimate of drug-likeness (QED) is 0.558. The van der Waals surface area contributed by atoms with Crippen molar-refractivity contribution in [1.29, 1.82) is 0 Å². The van der Waals surface area contributed by atoms with Crippen LogP contribution in [0.4, 0.5) is 5.13 Å². The molecule has 0 aliphatic heterocycles. The van der Waals surface area contributed by atoms with Crippen molar-refractivity contribution < 1.29 is 0 Å². The van der Waals surface area contributed by atoms with Gasteiger partial charge in [-0.15, -0.1) is 36.4 Å². The second-order valence-electron chi connectivity index (χ2n) is 4.43. The number of nitrogens with zero attached hydrogens (tertiary/aromatic N) is 7. The summed E-state index contributed by atoms with van der Waals surface area (Å²) < 4.78 is 2.22. The highest BCUT2D eigenvalue weighted by molar-refractivity contribution is 8.01. The fourth-order valence-electron chi connectivity index (χ4n) is 1.85. The standard InChI is InChI=1S/C12H10N8S3/c1-2-8(21-7-1)5-6-13-11-15-16-12(23-11)22-10-4-3-9-14-18-19-20(9)17-10/h1-4,7H,5-6H2,(H,13,15). The Hall–Kier alpha value is -2.11. The van der Waals surface area contributed by atoms with Crippen LogP contribution in [-0.2, 0) is 6.42 Å². The molecule has 4 aromatic heterocycles. The molecule has 4 aromatic rings. The van der Waals surface area contributed by atoms with Gasteiger partial charge < -0.3 is 5.32 Å². The summed E-state index contributed by atoms with van der Waals surface area (Å²) in [5.74, 6) is 0. The summed E-state index contributed by atoms with van der Waals surface area (Å²) in [5, 5.41) is 30.7. The molecule has 0 spiro atoms. The van der Waals surface area contributed by atoms with Crippen molar-refractivity contribution in [2.24, 2.45) is 0 Å². The normalized spacial score (nSPS) is 11.1. The first-order chi connectivity index (χ1) is 11.4. The highest BCUT2D eigenvalue weighted by Crippen LogP contribution is 2.30. The molecule has 116 valence electrons. The summed E-state index contributed by atoms with van der Waals surface area (Å²) in [5.41, 5.74) is 0.613. The zero-order chi connectivity index (χ0) is 15.5. The summed E-state index contributed by atoms with van der Waals surface area (Å²) in [4.78, 5) is 1.36. The average molecular weight is 362 g/mol. The summed E-state index contributed by atoms with van der Waals surface area (Å²) in [6, 6.07) is 7.88. The minimum Gasteiger partial charge on any atom is -0.360 e. The van der Waals surface area contributed by atoms with E-state index in [1.807, 2.05) is 12.1 Å². The molecule has 8 nitrogen and oxygen atoms in total. The molecule has 11 heteroatoms. The van der Waals surface area contributed by atoms with Gasteiger partial charge in [-0.05, 0) is 52.2 Å². The summed E-state index contributed by atoms with van der Waals surface area (Å²) in [7, 11) is 0. The SMILES string of the molecule is c1csc(CCNc2nnc(Sc3ccc4nnnn4n3)s2)c1. The van der Waals surface area contributed by atoms with Crippen LogP contribution in [0.1, 0.15) is 4.88 Å². The van der Waals surface area contributed by atoms with Crippen molar-refractivity contribution in [3.63, 3.8) is 0 Å². The fourth-order valence-corrected chi connectivity index (χ4v) is 4.23. The lowest BCUT2D eigenvalue weighted by atomic mass is 10.3. The van der Waals surface area contributed by atoms with Crippen LogP contribution in [0, 0.1) is 0 Å². The van der Waals surface area contributed by atoms with Crippen LogP contribution >= 0.6 is 34.4 Å². The lowest BCUT2D eigenvalue weighted by Gasteiger charge is -1.99. The van der Waals surface area contributed by atoms with Gasteiger partial charge in [0.1, 0.15) is 5.03 Å². The summed E-state index contributed by atoms with van der Waals surface area (Å²) in [6.45, 7) is 0.842. The lowest BCUT2D eigenvalue weighted by Crippen LogP contribution is -2.03. The van der Waals surface area contributed by atoms with Crippen molar-refractivity contribution in [2.75, 3.05) is 11.9 Å². The molecule has 4 heterocycles. The third-order valence-corrected chi connectivity index (χ3v) is 5.67. The molecule has 0 bridgehead atoms. The van der Waals surface area contributed by atoms with E-state index in [1.54, 1.807) is 11.3 Å². The van der Waals surface area contributed by atoms with E-state index in [0.717, 1.165) is 27.5 Å². The number of rotatable bonds is 6. The van der Waals surface area contributed by atoms with Crippen molar-refractivity contribution in [1.82, 2.24) is 35.5 Å². The van der Waals surface area contributed by atoms with E-state index < -0.39 is 0 Å². The van der Waals surface area contributed by atoms with Crippen LogP contribution in [0.15, 0.2) is 39.0 Å². The molecule has 0 unspecified atom stereocenters. The molecule has 1 N–H and O–H groups in total. The Labute approximate surface area is 143 Å². The van der Waals surface area contributed by atoms with Gasteiger partial charge in [0.05, 0.1) is 0 Å². The Morgan fingerprint density at radius 2 is 2.17 bits per heavy atom. The van der Waals surface area contributed by atoms with Gasteiger partial charge in [-0.2, -0.15) is 0 Å². The van der Waals surface area contributed by atoms with Crippen LogP contribution in [-0.4, -0.2) is 42.0 Å². The van der Waals surface area contributed by atoms with E-state index in [1.165, 1.54) is 32.6 Å². The number of hydrogen-bond acceptors (Lipinski definition) is 10. The Morgan fingerprint density at radius 1 is 1.17 bits per heavy atom. The monoisotopic (exact) mass is 362 g/mol. The second kappa shape index (κ2) is 6.56. The molecule has 0 saturated carbocycles. The number of aromatic nitrogens is 7. The first kappa shape index (κ1) is 14.5. The third-order valence-electron chi connectivity index (χ3n) is 2.87. The first-order valence-electron chi connectivity index (χ1n) is 6.70. The summed E-state index contributed by atoms with van der Waals surface area (Å²) >= 11 is 4.71. The van der Waals surface area contributed by atoms with Crippen LogP contribution in [0.2, 0.25) is 0 Å². The summed E-state index contributed by atoms with van der Waals surface area (Å²) in [6.07, 6.45) is 0.983. The van der Waals surface area contributed by atoms with E-state index >= 15 is 0 Å². The van der Waals surface area contributed by atoms with Gasteiger partial charge in [-0.1, -0.05) is 17.4 Å². The van der Waals surface area contributed by atoms with Gasteiger partial charge in [0.25, 0.3) is 0 Å². The van der Waals surface area contributed by atoms with E-state index in [4.69, 9.17) is 0 Å². The van der Waals surface area contributed by atoms with Crippen LogP contribution in [0.25, 0.3) is 5.65 Å². The largest absolute Gasteiger partial charge is 0.360 e. The Morgan fingerprint density at radius 3 is 3.09 bits per heavy atom. The number of hydrogen-bond donors (Lipinski definition) is 1. The molecule has 0 saturated heterocycles. The van der Waals surface area contributed by atoms with Crippen LogP contribution in [0.5, 0.6) is 0 Å². The maximum absolute atomic E-state index is 4.30. The zero-order valence-corrected chi connectivity index (χ0v) is 14.1. The number of nitrogens with one attached hydrogen (secondary N) is 1. The Kier molecular flexibility index (Phi) is 4.13. The van der Waals surface area contributed by atoms with Gasteiger partial charge in [-0.25, -0.2) is 0 Å². The van der Waals surface area contributed by atoms with E-state index in [0.29, 0.717) is 5.65 Å². The predicted octanol–water partition coefficient (Wildman–Crippen LogP) is 2.24. The minimum absolute atomic E-state index is 0.613. The number of tetrazole rings is 1. The van der Waals surface area contributed by atoms with Gasteiger partial charge in [-0.3, -0.25) is 0 Å². The molecule has 0 amide bonds. The topological polar surface area (TPSA) is 93.8 Å². The van der Waals surface area contributed by atoms with Crippen molar-refractivity contribution in [3.05, 3.63) is 34.5 Å². The van der Waals surface area contributed by atoms with Crippen molar-refractivity contribution >= 4 is 45.2 Å². The van der Waals surface area contributed by atoms with Crippen molar-refractivity contribution in [2.45, 2.75) is 15.8 Å². The zero-order valence-electron chi connectivity index (χ0n) is 11.7. The molecule has 0 atom stereocenters. The van der Waals surface area contributed by atoms with Gasteiger partial charge >= 0.3 is 0 Å².